The summed E-state index contributed by atoms with van der Waals surface area (Å²) >= 11 is 0. The number of Topliss-reactive ketones (excluding diaryl/α,β-unsaturated/α-hetero) is 1. The van der Waals surface area contributed by atoms with Crippen molar-refractivity contribution in [2.45, 2.75) is 19.8 Å². The highest BCUT2D eigenvalue weighted by atomic mass is 16.5. The first kappa shape index (κ1) is 14.5. The average Bonchev–Trinajstić information content (AvgIpc) is 2.38. The predicted octanol–water partition coefficient (Wildman–Crippen LogP) is 2.46. The molecule has 1 rings (SSSR count). The van der Waals surface area contributed by atoms with E-state index in [0.29, 0.717) is 13.2 Å². The monoisotopic (exact) mass is 252 g/mol. The fourth-order valence-electron chi connectivity index (χ4n) is 1.38. The maximum atomic E-state index is 10.6. The molecule has 1 aromatic carbocycles. The number of rotatable bonds is 9. The van der Waals surface area contributed by atoms with E-state index in [1.54, 1.807) is 7.11 Å². The van der Waals surface area contributed by atoms with Gasteiger partial charge in [-0.1, -0.05) is 0 Å². The Morgan fingerprint density at radius 1 is 1.06 bits per heavy atom. The standard InChI is InChI=1S/C14H20O4/c1-12(15)11-17-9-3-4-10-18-14-7-5-13(16-2)6-8-14/h5-8H,3-4,9-11H2,1-2H3. The van der Waals surface area contributed by atoms with E-state index < -0.39 is 0 Å². The number of methoxy groups -OCH3 is 1. The molecule has 100 valence electrons. The summed E-state index contributed by atoms with van der Waals surface area (Å²) in [7, 11) is 1.64. The second-order valence-electron chi connectivity index (χ2n) is 3.99. The van der Waals surface area contributed by atoms with Crippen molar-refractivity contribution < 1.29 is 19.0 Å². The largest absolute Gasteiger partial charge is 0.497 e. The van der Waals surface area contributed by atoms with Crippen LogP contribution in [0, 0.1) is 0 Å². The molecule has 1 aromatic rings. The summed E-state index contributed by atoms with van der Waals surface area (Å²) in [4.78, 5) is 10.6. The van der Waals surface area contributed by atoms with E-state index in [-0.39, 0.29) is 12.4 Å². The van der Waals surface area contributed by atoms with Crippen molar-refractivity contribution in [2.24, 2.45) is 0 Å². The van der Waals surface area contributed by atoms with Crippen LogP contribution in [0.25, 0.3) is 0 Å². The molecule has 0 spiro atoms. The third-order valence-electron chi connectivity index (χ3n) is 2.32. The van der Waals surface area contributed by atoms with Gasteiger partial charge in [0.05, 0.1) is 13.7 Å². The van der Waals surface area contributed by atoms with E-state index in [4.69, 9.17) is 14.2 Å². The number of hydrogen-bond acceptors (Lipinski definition) is 4. The second kappa shape index (κ2) is 8.53. The molecule has 18 heavy (non-hydrogen) atoms. The minimum atomic E-state index is 0.0597. The van der Waals surface area contributed by atoms with Crippen molar-refractivity contribution in [1.29, 1.82) is 0 Å². The van der Waals surface area contributed by atoms with Gasteiger partial charge in [-0.15, -0.1) is 0 Å². The van der Waals surface area contributed by atoms with Crippen molar-refractivity contribution in [1.82, 2.24) is 0 Å². The highest BCUT2D eigenvalue weighted by Crippen LogP contribution is 2.17. The highest BCUT2D eigenvalue weighted by Gasteiger charge is 1.96. The number of carbonyl (C=O) groups is 1. The van der Waals surface area contributed by atoms with Crippen molar-refractivity contribution in [3.8, 4) is 11.5 Å². The zero-order valence-corrected chi connectivity index (χ0v) is 11.0. The Hall–Kier alpha value is -1.55. The molecule has 0 aromatic heterocycles. The molecule has 0 radical (unpaired) electrons. The molecule has 0 aliphatic rings. The third kappa shape index (κ3) is 6.25. The third-order valence-corrected chi connectivity index (χ3v) is 2.32. The lowest BCUT2D eigenvalue weighted by Gasteiger charge is -2.07. The van der Waals surface area contributed by atoms with Crippen LogP contribution in [-0.2, 0) is 9.53 Å². The van der Waals surface area contributed by atoms with Gasteiger partial charge in [0, 0.05) is 6.61 Å². The normalized spacial score (nSPS) is 10.1. The molecule has 0 saturated carbocycles. The Bertz CT molecular complexity index is 345. The van der Waals surface area contributed by atoms with Gasteiger partial charge in [-0.05, 0) is 44.0 Å². The minimum Gasteiger partial charge on any atom is -0.497 e. The molecule has 0 amide bonds. The van der Waals surface area contributed by atoms with Crippen LogP contribution in [0.3, 0.4) is 0 Å². The summed E-state index contributed by atoms with van der Waals surface area (Å²) in [5.74, 6) is 1.71. The summed E-state index contributed by atoms with van der Waals surface area (Å²) in [5, 5.41) is 0. The number of hydrogen-bond donors (Lipinski definition) is 0. The second-order valence-corrected chi connectivity index (χ2v) is 3.99. The molecule has 0 heterocycles. The summed E-state index contributed by atoms with van der Waals surface area (Å²) in [5.41, 5.74) is 0. The first-order valence-corrected chi connectivity index (χ1v) is 6.06. The molecule has 0 unspecified atom stereocenters. The van der Waals surface area contributed by atoms with E-state index in [2.05, 4.69) is 0 Å². The van der Waals surface area contributed by atoms with Gasteiger partial charge < -0.3 is 14.2 Å². The summed E-state index contributed by atoms with van der Waals surface area (Å²) in [6.07, 6.45) is 1.80. The van der Waals surface area contributed by atoms with Gasteiger partial charge in [0.25, 0.3) is 0 Å². The zero-order valence-electron chi connectivity index (χ0n) is 11.0. The molecule has 4 nitrogen and oxygen atoms in total. The van der Waals surface area contributed by atoms with Gasteiger partial charge in [0.2, 0.25) is 0 Å². The Morgan fingerprint density at radius 2 is 1.67 bits per heavy atom. The molecule has 4 heteroatoms. The van der Waals surface area contributed by atoms with E-state index in [9.17, 15) is 4.79 Å². The van der Waals surface area contributed by atoms with Gasteiger partial charge in [0.1, 0.15) is 18.1 Å². The van der Waals surface area contributed by atoms with Crippen LogP contribution in [0.15, 0.2) is 24.3 Å². The summed E-state index contributed by atoms with van der Waals surface area (Å²) in [6.45, 7) is 2.98. The van der Waals surface area contributed by atoms with Crippen molar-refractivity contribution in [3.05, 3.63) is 24.3 Å². The Labute approximate surface area is 108 Å². The van der Waals surface area contributed by atoms with Crippen molar-refractivity contribution in [3.63, 3.8) is 0 Å². The number of benzene rings is 1. The number of unbranched alkanes of at least 4 members (excludes halogenated alkanes) is 1. The quantitative estimate of drug-likeness (QED) is 0.633. The number of ketones is 1. The molecule has 0 fully saturated rings. The van der Waals surface area contributed by atoms with Crippen LogP contribution in [0.5, 0.6) is 11.5 Å². The Balaban J connectivity index is 2.05. The van der Waals surface area contributed by atoms with Crippen molar-refractivity contribution >= 4 is 5.78 Å². The van der Waals surface area contributed by atoms with E-state index >= 15 is 0 Å². The fraction of sp³-hybridized carbons (Fsp3) is 0.500. The van der Waals surface area contributed by atoms with Crippen LogP contribution in [0.4, 0.5) is 0 Å². The minimum absolute atomic E-state index is 0.0597. The smallest absolute Gasteiger partial charge is 0.155 e. The summed E-state index contributed by atoms with van der Waals surface area (Å²) < 4.78 is 15.8. The van der Waals surface area contributed by atoms with Crippen LogP contribution < -0.4 is 9.47 Å². The number of ether oxygens (including phenoxy) is 3. The van der Waals surface area contributed by atoms with Gasteiger partial charge in [0.15, 0.2) is 5.78 Å². The number of carbonyl (C=O) groups excluding carboxylic acids is 1. The lowest BCUT2D eigenvalue weighted by atomic mass is 10.3. The molecule has 0 aliphatic heterocycles. The Kier molecular flexibility index (Phi) is 6.87. The van der Waals surface area contributed by atoms with Crippen LogP contribution >= 0.6 is 0 Å². The van der Waals surface area contributed by atoms with E-state index in [1.165, 1.54) is 6.92 Å². The molecular weight excluding hydrogens is 232 g/mol. The highest BCUT2D eigenvalue weighted by molar-refractivity contribution is 5.76. The molecule has 0 saturated heterocycles. The molecule has 0 bridgehead atoms. The fourth-order valence-corrected chi connectivity index (χ4v) is 1.38. The predicted molar refractivity (Wildman–Crippen MR) is 69.2 cm³/mol. The lowest BCUT2D eigenvalue weighted by molar-refractivity contribution is -0.121. The zero-order chi connectivity index (χ0) is 13.2. The van der Waals surface area contributed by atoms with Gasteiger partial charge in [-0.2, -0.15) is 0 Å². The van der Waals surface area contributed by atoms with Crippen molar-refractivity contribution in [2.75, 3.05) is 26.9 Å². The first-order chi connectivity index (χ1) is 8.72. The molecule has 0 aliphatic carbocycles. The molecular formula is C14H20O4. The van der Waals surface area contributed by atoms with Crippen LogP contribution in [-0.4, -0.2) is 32.7 Å². The molecule has 0 atom stereocenters. The van der Waals surface area contributed by atoms with Gasteiger partial charge in [-0.3, -0.25) is 4.79 Å². The first-order valence-electron chi connectivity index (χ1n) is 6.06. The van der Waals surface area contributed by atoms with Crippen LogP contribution in [0.1, 0.15) is 19.8 Å². The summed E-state index contributed by atoms with van der Waals surface area (Å²) in [6, 6.07) is 7.49. The lowest BCUT2D eigenvalue weighted by Crippen LogP contribution is -2.06. The van der Waals surface area contributed by atoms with E-state index in [1.807, 2.05) is 24.3 Å². The maximum Gasteiger partial charge on any atom is 0.155 e. The average molecular weight is 252 g/mol. The topological polar surface area (TPSA) is 44.8 Å². The molecule has 0 N–H and O–H groups in total. The van der Waals surface area contributed by atoms with Crippen LogP contribution in [0.2, 0.25) is 0 Å². The Morgan fingerprint density at radius 3 is 2.28 bits per heavy atom. The van der Waals surface area contributed by atoms with E-state index in [0.717, 1.165) is 24.3 Å². The van der Waals surface area contributed by atoms with Gasteiger partial charge in [-0.25, -0.2) is 0 Å². The SMILES string of the molecule is COc1ccc(OCCCCOCC(C)=O)cc1. The van der Waals surface area contributed by atoms with Gasteiger partial charge >= 0.3 is 0 Å². The maximum absolute atomic E-state index is 10.6.